The van der Waals surface area contributed by atoms with E-state index in [4.69, 9.17) is 27.9 Å². The van der Waals surface area contributed by atoms with E-state index in [1.165, 1.54) is 30.3 Å². The van der Waals surface area contributed by atoms with Crippen molar-refractivity contribution in [3.8, 4) is 11.9 Å². The van der Waals surface area contributed by atoms with E-state index in [9.17, 15) is 23.9 Å². The lowest BCUT2D eigenvalue weighted by molar-refractivity contribution is -0.126. The highest BCUT2D eigenvalue weighted by Crippen LogP contribution is 2.41. The van der Waals surface area contributed by atoms with Crippen molar-refractivity contribution in [3.05, 3.63) is 63.8 Å². The number of amidine groups is 1. The number of carbonyl (C=O) groups is 1. The lowest BCUT2D eigenvalue weighted by Gasteiger charge is -2.41. The first-order valence-corrected chi connectivity index (χ1v) is 13.4. The molecule has 14 heteroatoms. The monoisotopic (exact) mass is 611 g/mol. The number of ether oxygens (including phenoxy) is 2. The molecule has 0 saturated carbocycles. The van der Waals surface area contributed by atoms with Crippen LogP contribution in [0.5, 0.6) is 5.75 Å². The van der Waals surface area contributed by atoms with Crippen molar-refractivity contribution < 1.29 is 32.5 Å². The Kier molecular flexibility index (Phi) is 9.53. The van der Waals surface area contributed by atoms with Gasteiger partial charge in [0.2, 0.25) is 12.1 Å². The van der Waals surface area contributed by atoms with E-state index in [1.807, 2.05) is 11.8 Å². The van der Waals surface area contributed by atoms with Gasteiger partial charge in [0.1, 0.15) is 11.4 Å². The van der Waals surface area contributed by atoms with Crippen LogP contribution in [0.4, 0.5) is 18.9 Å². The summed E-state index contributed by atoms with van der Waals surface area (Å²) in [4.78, 5) is 19.7. The van der Waals surface area contributed by atoms with Crippen LogP contribution in [0.3, 0.4) is 0 Å². The van der Waals surface area contributed by atoms with Crippen LogP contribution in [0, 0.1) is 17.3 Å². The predicted octanol–water partition coefficient (Wildman–Crippen LogP) is 5.71. The van der Waals surface area contributed by atoms with E-state index >= 15 is 4.39 Å². The van der Waals surface area contributed by atoms with Crippen LogP contribution in [0.1, 0.15) is 31.7 Å². The smallest absolute Gasteiger partial charge is 0.387 e. The summed E-state index contributed by atoms with van der Waals surface area (Å²) in [5.74, 6) is -3.28. The number of amides is 1. The van der Waals surface area contributed by atoms with E-state index in [1.54, 1.807) is 6.19 Å². The number of nitriles is 1. The van der Waals surface area contributed by atoms with E-state index in [0.29, 0.717) is 19.5 Å². The minimum Gasteiger partial charge on any atom is -0.481 e. The molecule has 0 spiro atoms. The van der Waals surface area contributed by atoms with Gasteiger partial charge >= 0.3 is 6.61 Å². The van der Waals surface area contributed by atoms with E-state index in [-0.39, 0.29) is 45.7 Å². The molecular weight excluding hydrogens is 586 g/mol. The second-order valence-corrected chi connectivity index (χ2v) is 10.1. The van der Waals surface area contributed by atoms with Crippen LogP contribution in [0.15, 0.2) is 47.3 Å². The molecule has 3 N–H and O–H groups in total. The van der Waals surface area contributed by atoms with E-state index in [2.05, 4.69) is 20.4 Å². The molecule has 0 radical (unpaired) electrons. The highest BCUT2D eigenvalue weighted by molar-refractivity contribution is 6.42. The zero-order valence-electron chi connectivity index (χ0n) is 21.8. The van der Waals surface area contributed by atoms with Gasteiger partial charge in [0.25, 0.3) is 5.95 Å². The largest absolute Gasteiger partial charge is 0.481 e. The summed E-state index contributed by atoms with van der Waals surface area (Å²) in [6, 6.07) is 7.37. The van der Waals surface area contributed by atoms with Gasteiger partial charge in [-0.15, -0.1) is 0 Å². The lowest BCUT2D eigenvalue weighted by Crippen LogP contribution is -2.62. The highest BCUT2D eigenvalue weighted by atomic mass is 35.5. The van der Waals surface area contributed by atoms with Gasteiger partial charge in [-0.1, -0.05) is 42.3 Å². The molecule has 1 amide bonds. The van der Waals surface area contributed by atoms with Crippen molar-refractivity contribution >= 4 is 46.2 Å². The number of likely N-dealkylation sites (N-methyl/N-ethyl adjacent to an activating group) is 1. The number of nitrogens with one attached hydrogen (secondary N) is 2. The number of benzene rings is 2. The summed E-state index contributed by atoms with van der Waals surface area (Å²) in [5, 5.41) is 26.7. The number of alkyl halides is 2. The van der Waals surface area contributed by atoms with E-state index < -0.39 is 41.6 Å². The Morgan fingerprint density at radius 3 is 2.80 bits per heavy atom. The van der Waals surface area contributed by atoms with Crippen LogP contribution in [0.25, 0.3) is 5.57 Å². The topological polar surface area (TPSA) is 119 Å². The Hall–Kier alpha value is -3.66. The summed E-state index contributed by atoms with van der Waals surface area (Å²) in [7, 11) is 0. The molecule has 2 aliphatic rings. The maximum absolute atomic E-state index is 15.3. The second kappa shape index (κ2) is 12.9. The number of halogens is 5. The van der Waals surface area contributed by atoms with Crippen molar-refractivity contribution in [2.45, 2.75) is 44.4 Å². The van der Waals surface area contributed by atoms with Gasteiger partial charge in [-0.2, -0.15) is 19.0 Å². The fourth-order valence-corrected chi connectivity index (χ4v) is 5.42. The van der Waals surface area contributed by atoms with Crippen LogP contribution in [-0.2, 0) is 9.53 Å². The first kappa shape index (κ1) is 30.3. The van der Waals surface area contributed by atoms with Gasteiger partial charge in [-0.05, 0) is 55.8 Å². The molecule has 2 aromatic carbocycles. The Labute approximate surface area is 244 Å². The van der Waals surface area contributed by atoms with Gasteiger partial charge in [0.05, 0.1) is 34.0 Å². The first-order chi connectivity index (χ1) is 19.6. The SMILES string of the molecule is CCN1CCC[C@@H]1C(=O)N[C@]1(C(=NC#N)Nc2cccc(OC(F)F)c2F)CCOC(O)=C1c1ccc(Cl)c(Cl)c1. The van der Waals surface area contributed by atoms with Crippen molar-refractivity contribution in [2.75, 3.05) is 25.0 Å². The molecule has 2 heterocycles. The number of hydrogen-bond donors (Lipinski definition) is 3. The molecule has 1 saturated heterocycles. The molecule has 41 heavy (non-hydrogen) atoms. The molecule has 0 aliphatic carbocycles. The zero-order chi connectivity index (χ0) is 29.7. The first-order valence-electron chi connectivity index (χ1n) is 12.7. The van der Waals surface area contributed by atoms with Crippen molar-refractivity contribution in [1.82, 2.24) is 10.2 Å². The standard InChI is InChI=1S/C27H26Cl2F3N5O4/c1-2-37-11-4-6-19(37)23(38)36-27(10-12-40-24(39)21(27)15-8-9-16(28)17(29)13-15)25(34-14-33)35-18-5-3-7-20(22(18)30)41-26(31)32/h3,5,7-9,13,19,26,39H,2,4,6,10-12H2,1H3,(H,34,35)(H,36,38)/t19-,27-/m1/s1. The molecule has 4 rings (SSSR count). The molecule has 1 fully saturated rings. The fraction of sp³-hybridized carbons (Fsp3) is 0.370. The van der Waals surface area contributed by atoms with Gasteiger partial charge in [-0.25, -0.2) is 4.39 Å². The predicted molar refractivity (Wildman–Crippen MR) is 147 cm³/mol. The number of likely N-dealkylation sites (tertiary alicyclic amines) is 1. The lowest BCUT2D eigenvalue weighted by atomic mass is 9.79. The quantitative estimate of drug-likeness (QED) is 0.199. The maximum atomic E-state index is 15.3. The Bertz CT molecular complexity index is 1420. The average Bonchev–Trinajstić information content (AvgIpc) is 3.41. The van der Waals surface area contributed by atoms with Gasteiger partial charge in [0, 0.05) is 6.42 Å². The molecular formula is C27H26Cl2F3N5O4. The average molecular weight is 612 g/mol. The Balaban J connectivity index is 1.89. The molecule has 2 atom stereocenters. The van der Waals surface area contributed by atoms with Crippen molar-refractivity contribution in [1.29, 1.82) is 5.26 Å². The third-order valence-electron chi connectivity index (χ3n) is 6.97. The number of aliphatic imine (C=N–C) groups is 1. The number of rotatable bonds is 8. The van der Waals surface area contributed by atoms with Crippen LogP contribution in [-0.4, -0.2) is 59.6 Å². The minimum absolute atomic E-state index is 0.0291. The number of hydrogen-bond acceptors (Lipinski definition) is 7. The fourth-order valence-electron chi connectivity index (χ4n) is 5.12. The normalized spacial score (nSPS) is 21.4. The summed E-state index contributed by atoms with van der Waals surface area (Å²) >= 11 is 12.4. The molecule has 0 unspecified atom stereocenters. The molecule has 2 aromatic rings. The maximum Gasteiger partial charge on any atom is 0.387 e. The van der Waals surface area contributed by atoms with Gasteiger partial charge in [-0.3, -0.25) is 9.69 Å². The number of nitrogens with zero attached hydrogens (tertiary/aromatic N) is 3. The van der Waals surface area contributed by atoms with Gasteiger partial charge < -0.3 is 25.2 Å². The molecule has 9 nitrogen and oxygen atoms in total. The third kappa shape index (κ3) is 6.32. The number of aliphatic hydroxyl groups is 1. The second-order valence-electron chi connectivity index (χ2n) is 9.27. The minimum atomic E-state index is -3.29. The van der Waals surface area contributed by atoms with Crippen LogP contribution < -0.4 is 15.4 Å². The number of anilines is 1. The molecule has 0 aromatic heterocycles. The summed E-state index contributed by atoms with van der Waals surface area (Å²) in [5.41, 5.74) is -1.93. The Morgan fingerprint density at radius 1 is 1.34 bits per heavy atom. The van der Waals surface area contributed by atoms with E-state index in [0.717, 1.165) is 12.5 Å². The highest BCUT2D eigenvalue weighted by Gasteiger charge is 2.49. The summed E-state index contributed by atoms with van der Waals surface area (Å²) < 4.78 is 50.7. The van der Waals surface area contributed by atoms with Gasteiger partial charge in [0.15, 0.2) is 11.6 Å². The van der Waals surface area contributed by atoms with Crippen molar-refractivity contribution in [3.63, 3.8) is 0 Å². The van der Waals surface area contributed by atoms with Crippen LogP contribution >= 0.6 is 23.2 Å². The molecule has 218 valence electrons. The zero-order valence-corrected chi connectivity index (χ0v) is 23.3. The number of carbonyl (C=O) groups excluding carboxylic acids is 1. The summed E-state index contributed by atoms with van der Waals surface area (Å²) in [6.45, 7) is -0.201. The number of aliphatic hydroxyl groups excluding tert-OH is 1. The molecule has 0 bridgehead atoms. The molecule has 2 aliphatic heterocycles. The van der Waals surface area contributed by atoms with Crippen molar-refractivity contribution in [2.24, 2.45) is 4.99 Å². The van der Waals surface area contributed by atoms with Crippen LogP contribution in [0.2, 0.25) is 10.0 Å². The summed E-state index contributed by atoms with van der Waals surface area (Å²) in [6.07, 6.45) is 2.91. The Morgan fingerprint density at radius 2 is 2.12 bits per heavy atom. The third-order valence-corrected chi connectivity index (χ3v) is 7.71.